The first-order chi connectivity index (χ1) is 7.15. The molecule has 1 aromatic rings. The number of carbonyl (C=O) groups is 1. The summed E-state index contributed by atoms with van der Waals surface area (Å²) in [5, 5.41) is 11.3. The van der Waals surface area contributed by atoms with Crippen molar-refractivity contribution < 1.29 is 4.79 Å². The molecule has 0 aliphatic heterocycles. The number of anilines is 1. The van der Waals surface area contributed by atoms with E-state index in [0.717, 1.165) is 0 Å². The van der Waals surface area contributed by atoms with Crippen molar-refractivity contribution in [3.8, 4) is 6.07 Å². The van der Waals surface area contributed by atoms with Crippen LogP contribution in [0, 0.1) is 11.3 Å². The molecule has 0 unspecified atom stereocenters. The predicted octanol–water partition coefficient (Wildman–Crippen LogP) is 1.38. The van der Waals surface area contributed by atoms with Crippen LogP contribution in [-0.4, -0.2) is 5.91 Å². The van der Waals surface area contributed by atoms with Crippen molar-refractivity contribution in [1.82, 2.24) is 0 Å². The average Bonchev–Trinajstić information content (AvgIpc) is 2.19. The number of hydrogen-bond donors (Lipinski definition) is 2. The van der Waals surface area contributed by atoms with E-state index in [1.54, 1.807) is 30.3 Å². The Morgan fingerprint density at radius 3 is 2.47 bits per heavy atom. The fourth-order valence-corrected chi connectivity index (χ4v) is 1.03. The summed E-state index contributed by atoms with van der Waals surface area (Å²) in [6, 6.07) is 10.7. The van der Waals surface area contributed by atoms with Gasteiger partial charge in [-0.2, -0.15) is 5.26 Å². The second kappa shape index (κ2) is 4.82. The Morgan fingerprint density at radius 2 is 2.00 bits per heavy atom. The summed E-state index contributed by atoms with van der Waals surface area (Å²) < 4.78 is 0. The molecule has 1 aromatic carbocycles. The molecular formula is C11H11N3O. The third-order valence-corrected chi connectivity index (χ3v) is 1.76. The molecule has 0 atom stereocenters. The normalized spacial score (nSPS) is 11.2. The van der Waals surface area contributed by atoms with Gasteiger partial charge < -0.3 is 11.1 Å². The number of hydrogen-bond acceptors (Lipinski definition) is 3. The summed E-state index contributed by atoms with van der Waals surface area (Å²) in [5.74, 6) is -0.483. The fraction of sp³-hybridized carbons (Fsp3) is 0.0909. The summed E-state index contributed by atoms with van der Waals surface area (Å²) in [4.78, 5) is 11.5. The zero-order chi connectivity index (χ0) is 11.3. The van der Waals surface area contributed by atoms with Gasteiger partial charge >= 0.3 is 0 Å². The van der Waals surface area contributed by atoms with Gasteiger partial charge in [0.05, 0.1) is 0 Å². The number of rotatable bonds is 2. The maximum atomic E-state index is 11.5. The summed E-state index contributed by atoms with van der Waals surface area (Å²) in [7, 11) is 0. The molecular weight excluding hydrogens is 190 g/mol. The highest BCUT2D eigenvalue weighted by molar-refractivity contribution is 6.06. The van der Waals surface area contributed by atoms with Gasteiger partial charge in [0, 0.05) is 11.4 Å². The fourth-order valence-electron chi connectivity index (χ4n) is 1.03. The van der Waals surface area contributed by atoms with Crippen molar-refractivity contribution in [2.75, 3.05) is 5.32 Å². The van der Waals surface area contributed by atoms with Gasteiger partial charge in [-0.25, -0.2) is 0 Å². The van der Waals surface area contributed by atoms with E-state index in [-0.39, 0.29) is 11.3 Å². The van der Waals surface area contributed by atoms with E-state index in [2.05, 4.69) is 5.32 Å². The van der Waals surface area contributed by atoms with Gasteiger partial charge in [-0.1, -0.05) is 18.2 Å². The van der Waals surface area contributed by atoms with Crippen molar-refractivity contribution >= 4 is 11.6 Å². The molecule has 1 rings (SSSR count). The molecule has 1 amide bonds. The largest absolute Gasteiger partial charge is 0.401 e. The Labute approximate surface area is 88.0 Å². The first kappa shape index (κ1) is 10.8. The molecule has 0 aromatic heterocycles. The minimum Gasteiger partial charge on any atom is -0.401 e. The monoisotopic (exact) mass is 201 g/mol. The van der Waals surface area contributed by atoms with Crippen molar-refractivity contribution in [2.24, 2.45) is 5.73 Å². The predicted molar refractivity (Wildman–Crippen MR) is 57.6 cm³/mol. The molecule has 4 nitrogen and oxygen atoms in total. The van der Waals surface area contributed by atoms with Crippen LogP contribution < -0.4 is 11.1 Å². The van der Waals surface area contributed by atoms with Crippen LogP contribution in [0.15, 0.2) is 41.6 Å². The maximum Gasteiger partial charge on any atom is 0.268 e. The second-order valence-corrected chi connectivity index (χ2v) is 2.99. The molecule has 0 saturated carbocycles. The standard InChI is InChI=1S/C11H11N3O/c1-8(13)10(7-12)11(15)14-9-5-3-2-4-6-9/h2-6H,13H2,1H3,(H,14,15)/b10-8-. The number of nitrogens with two attached hydrogens (primary N) is 1. The lowest BCUT2D eigenvalue weighted by Crippen LogP contribution is -2.16. The van der Waals surface area contributed by atoms with E-state index in [0.29, 0.717) is 5.69 Å². The minimum atomic E-state index is -0.483. The van der Waals surface area contributed by atoms with E-state index < -0.39 is 5.91 Å². The van der Waals surface area contributed by atoms with Crippen LogP contribution in [0.5, 0.6) is 0 Å². The highest BCUT2D eigenvalue weighted by Gasteiger charge is 2.10. The third-order valence-electron chi connectivity index (χ3n) is 1.76. The summed E-state index contributed by atoms with van der Waals surface area (Å²) >= 11 is 0. The van der Waals surface area contributed by atoms with Crippen molar-refractivity contribution in [1.29, 1.82) is 5.26 Å². The Hall–Kier alpha value is -2.28. The second-order valence-electron chi connectivity index (χ2n) is 2.99. The smallest absolute Gasteiger partial charge is 0.268 e. The average molecular weight is 201 g/mol. The summed E-state index contributed by atoms with van der Waals surface area (Å²) in [5.41, 5.74) is 6.19. The Balaban J connectivity index is 2.82. The van der Waals surface area contributed by atoms with Gasteiger partial charge in [-0.3, -0.25) is 4.79 Å². The van der Waals surface area contributed by atoms with Crippen LogP contribution in [0.3, 0.4) is 0 Å². The Kier molecular flexibility index (Phi) is 3.47. The van der Waals surface area contributed by atoms with Gasteiger partial charge in [0.15, 0.2) is 0 Å². The van der Waals surface area contributed by atoms with Crippen LogP contribution in [0.25, 0.3) is 0 Å². The maximum absolute atomic E-state index is 11.5. The lowest BCUT2D eigenvalue weighted by molar-refractivity contribution is -0.112. The molecule has 0 radical (unpaired) electrons. The minimum absolute atomic E-state index is 0.0566. The number of carbonyl (C=O) groups excluding carboxylic acids is 1. The lowest BCUT2D eigenvalue weighted by atomic mass is 10.2. The quantitative estimate of drug-likeness (QED) is 0.560. The number of nitrogens with one attached hydrogen (secondary N) is 1. The molecule has 0 aliphatic rings. The van der Waals surface area contributed by atoms with E-state index in [4.69, 9.17) is 11.0 Å². The molecule has 0 spiro atoms. The molecule has 0 bridgehead atoms. The van der Waals surface area contributed by atoms with E-state index >= 15 is 0 Å². The van der Waals surface area contributed by atoms with Crippen LogP contribution in [0.4, 0.5) is 5.69 Å². The highest BCUT2D eigenvalue weighted by Crippen LogP contribution is 2.07. The number of amides is 1. The number of nitrogens with zero attached hydrogens (tertiary/aromatic N) is 1. The first-order valence-electron chi connectivity index (χ1n) is 4.38. The molecule has 0 aliphatic carbocycles. The first-order valence-corrected chi connectivity index (χ1v) is 4.38. The highest BCUT2D eigenvalue weighted by atomic mass is 16.1. The van der Waals surface area contributed by atoms with Crippen molar-refractivity contribution in [3.63, 3.8) is 0 Å². The molecule has 15 heavy (non-hydrogen) atoms. The SMILES string of the molecule is C/C(N)=C(\C#N)C(=O)Nc1ccccc1. The summed E-state index contributed by atoms with van der Waals surface area (Å²) in [6.07, 6.45) is 0. The van der Waals surface area contributed by atoms with E-state index in [1.807, 2.05) is 6.07 Å². The topological polar surface area (TPSA) is 78.9 Å². The number of benzene rings is 1. The molecule has 0 fully saturated rings. The van der Waals surface area contributed by atoms with E-state index in [1.165, 1.54) is 6.92 Å². The van der Waals surface area contributed by atoms with Crippen LogP contribution in [-0.2, 0) is 4.79 Å². The van der Waals surface area contributed by atoms with Crippen LogP contribution in [0.1, 0.15) is 6.92 Å². The van der Waals surface area contributed by atoms with Crippen LogP contribution >= 0.6 is 0 Å². The Morgan fingerprint density at radius 1 is 1.40 bits per heavy atom. The van der Waals surface area contributed by atoms with Crippen molar-refractivity contribution in [3.05, 3.63) is 41.6 Å². The van der Waals surface area contributed by atoms with Gasteiger partial charge in [0.25, 0.3) is 5.91 Å². The number of para-hydroxylation sites is 1. The molecule has 3 N–H and O–H groups in total. The van der Waals surface area contributed by atoms with E-state index in [9.17, 15) is 4.79 Å². The van der Waals surface area contributed by atoms with Gasteiger partial charge in [-0.05, 0) is 19.1 Å². The molecule has 76 valence electrons. The van der Waals surface area contributed by atoms with Gasteiger partial charge in [-0.15, -0.1) is 0 Å². The summed E-state index contributed by atoms with van der Waals surface area (Å²) in [6.45, 7) is 1.52. The zero-order valence-electron chi connectivity index (χ0n) is 8.32. The molecule has 0 heterocycles. The third kappa shape index (κ3) is 2.85. The molecule has 4 heteroatoms. The number of nitriles is 1. The van der Waals surface area contributed by atoms with Crippen LogP contribution in [0.2, 0.25) is 0 Å². The zero-order valence-corrected chi connectivity index (χ0v) is 8.32. The van der Waals surface area contributed by atoms with Gasteiger partial charge in [0.2, 0.25) is 0 Å². The van der Waals surface area contributed by atoms with Gasteiger partial charge in [0.1, 0.15) is 11.6 Å². The molecule has 0 saturated heterocycles. The lowest BCUT2D eigenvalue weighted by Gasteiger charge is -2.04. The number of allylic oxidation sites excluding steroid dienone is 1. The van der Waals surface area contributed by atoms with Crippen molar-refractivity contribution in [2.45, 2.75) is 6.92 Å². The Bertz CT molecular complexity index is 425.